The van der Waals surface area contributed by atoms with Gasteiger partial charge in [-0.2, -0.15) is 5.10 Å². The average Bonchev–Trinajstić information content (AvgIpc) is 3.01. The van der Waals surface area contributed by atoms with Gasteiger partial charge in [-0.25, -0.2) is 19.4 Å². The highest BCUT2D eigenvalue weighted by Crippen LogP contribution is 2.46. The van der Waals surface area contributed by atoms with Crippen molar-refractivity contribution in [2.45, 2.75) is 59.0 Å². The number of aromatic amines is 1. The second-order valence-corrected chi connectivity index (χ2v) is 9.10. The monoisotopic (exact) mass is 389 g/mol. The molecule has 0 bridgehead atoms. The number of carbonyl (C=O) groups excluding carboxylic acids is 2. The van der Waals surface area contributed by atoms with Crippen molar-refractivity contribution in [3.05, 3.63) is 17.0 Å². The summed E-state index contributed by atoms with van der Waals surface area (Å²) in [5.41, 5.74) is 1.17. The zero-order valence-electron chi connectivity index (χ0n) is 16.5. The standard InChI is InChI=1S/C19H27N5O4/c1-18(2)6-12(21-11-25)7-19(3,9-18)10-20-17(28)24-5-4-14-13(8-24)15(16(26)27)23-22-14/h12H,4-10H2,1-3H3,(H,20,28)(H,22,23)(H,26,27). The van der Waals surface area contributed by atoms with Gasteiger partial charge in [0.2, 0.25) is 6.08 Å². The summed E-state index contributed by atoms with van der Waals surface area (Å²) >= 11 is 0. The Morgan fingerprint density at radius 3 is 2.82 bits per heavy atom. The number of H-pyrrole nitrogens is 1. The van der Waals surface area contributed by atoms with E-state index in [4.69, 9.17) is 0 Å². The minimum atomic E-state index is -1.10. The van der Waals surface area contributed by atoms with E-state index >= 15 is 0 Å². The van der Waals surface area contributed by atoms with E-state index in [0.717, 1.165) is 25.0 Å². The molecule has 1 fully saturated rings. The number of aromatic carboxylic acids is 1. The number of isocyanates is 1. The molecule has 3 N–H and O–H groups in total. The van der Waals surface area contributed by atoms with Crippen LogP contribution in [0.5, 0.6) is 0 Å². The molecule has 1 aromatic rings. The van der Waals surface area contributed by atoms with Crippen molar-refractivity contribution >= 4 is 18.1 Å². The third kappa shape index (κ3) is 4.25. The average molecular weight is 389 g/mol. The Morgan fingerprint density at radius 2 is 2.14 bits per heavy atom. The third-order valence-corrected chi connectivity index (χ3v) is 5.75. The smallest absolute Gasteiger partial charge is 0.356 e. The van der Waals surface area contributed by atoms with Gasteiger partial charge in [0.25, 0.3) is 0 Å². The van der Waals surface area contributed by atoms with Gasteiger partial charge in [0, 0.05) is 30.8 Å². The maximum Gasteiger partial charge on any atom is 0.356 e. The Labute approximate surface area is 163 Å². The predicted molar refractivity (Wildman–Crippen MR) is 101 cm³/mol. The fraction of sp³-hybridized carbons (Fsp3) is 0.684. The van der Waals surface area contributed by atoms with Crippen LogP contribution in [-0.2, 0) is 17.8 Å². The summed E-state index contributed by atoms with van der Waals surface area (Å²) in [6, 6.07) is -0.298. The van der Waals surface area contributed by atoms with E-state index in [9.17, 15) is 19.5 Å². The van der Waals surface area contributed by atoms with Crippen molar-refractivity contribution < 1.29 is 19.5 Å². The largest absolute Gasteiger partial charge is 0.476 e. The Morgan fingerprint density at radius 1 is 1.39 bits per heavy atom. The molecule has 152 valence electrons. The van der Waals surface area contributed by atoms with E-state index < -0.39 is 5.97 Å². The molecule has 2 atom stereocenters. The van der Waals surface area contributed by atoms with Gasteiger partial charge >= 0.3 is 12.0 Å². The van der Waals surface area contributed by atoms with Gasteiger partial charge in [0.1, 0.15) is 0 Å². The van der Waals surface area contributed by atoms with Crippen LogP contribution in [0.3, 0.4) is 0 Å². The Bertz CT molecular complexity index is 826. The number of carboxylic acid groups (broad SMARTS) is 1. The molecule has 2 unspecified atom stereocenters. The van der Waals surface area contributed by atoms with Crippen molar-refractivity contribution in [2.75, 3.05) is 13.1 Å². The third-order valence-electron chi connectivity index (χ3n) is 5.75. The second-order valence-electron chi connectivity index (χ2n) is 9.10. The summed E-state index contributed by atoms with van der Waals surface area (Å²) in [6.07, 6.45) is 4.69. The topological polar surface area (TPSA) is 128 Å². The van der Waals surface area contributed by atoms with E-state index in [1.165, 1.54) is 0 Å². The van der Waals surface area contributed by atoms with Crippen LogP contribution in [0.2, 0.25) is 0 Å². The number of urea groups is 1. The highest BCUT2D eigenvalue weighted by atomic mass is 16.4. The highest BCUT2D eigenvalue weighted by Gasteiger charge is 2.41. The van der Waals surface area contributed by atoms with Crippen molar-refractivity contribution in [3.8, 4) is 0 Å². The first-order chi connectivity index (χ1) is 13.1. The molecule has 1 aliphatic heterocycles. The molecular formula is C19H27N5O4. The summed E-state index contributed by atoms with van der Waals surface area (Å²) in [7, 11) is 0. The SMILES string of the molecule is CC1(C)CC(N=C=O)CC(C)(CNC(=O)N2CCc3[nH]nc(C(=O)O)c3C2)C1. The van der Waals surface area contributed by atoms with Crippen LogP contribution in [0, 0.1) is 10.8 Å². The number of fused-ring (bicyclic) bond motifs is 1. The lowest BCUT2D eigenvalue weighted by molar-refractivity contribution is 0.0687. The van der Waals surface area contributed by atoms with E-state index in [1.807, 2.05) is 0 Å². The summed E-state index contributed by atoms with van der Waals surface area (Å²) in [6.45, 7) is 7.60. The van der Waals surface area contributed by atoms with E-state index in [-0.39, 0.29) is 35.1 Å². The minimum absolute atomic E-state index is 0.0238. The van der Waals surface area contributed by atoms with Gasteiger partial charge in [-0.15, -0.1) is 0 Å². The van der Waals surface area contributed by atoms with Gasteiger partial charge in [-0.3, -0.25) is 5.10 Å². The van der Waals surface area contributed by atoms with Crippen LogP contribution >= 0.6 is 0 Å². The number of hydrogen-bond acceptors (Lipinski definition) is 5. The van der Waals surface area contributed by atoms with Gasteiger partial charge in [-0.1, -0.05) is 20.8 Å². The molecule has 1 aromatic heterocycles. The first kappa shape index (κ1) is 20.1. The number of aromatic nitrogens is 2. The van der Waals surface area contributed by atoms with E-state index in [2.05, 4.69) is 41.3 Å². The summed E-state index contributed by atoms with van der Waals surface area (Å²) in [5.74, 6) is -1.10. The van der Waals surface area contributed by atoms with E-state index in [0.29, 0.717) is 25.1 Å². The van der Waals surface area contributed by atoms with Gasteiger partial charge in [0.05, 0.1) is 12.6 Å². The molecule has 2 heterocycles. The number of rotatable bonds is 4. The molecule has 0 aromatic carbocycles. The fourth-order valence-corrected chi connectivity index (χ4v) is 4.93. The molecular weight excluding hydrogens is 362 g/mol. The summed E-state index contributed by atoms with van der Waals surface area (Å²) in [4.78, 5) is 40.3. The maximum absolute atomic E-state index is 12.7. The van der Waals surface area contributed by atoms with Crippen molar-refractivity contribution in [3.63, 3.8) is 0 Å². The second kappa shape index (κ2) is 7.39. The van der Waals surface area contributed by atoms with Crippen LogP contribution in [-0.4, -0.2) is 57.4 Å². The number of nitrogens with one attached hydrogen (secondary N) is 2. The predicted octanol–water partition coefficient (Wildman–Crippen LogP) is 2.10. The number of aliphatic imine (C=N–C) groups is 1. The first-order valence-electron chi connectivity index (χ1n) is 9.52. The maximum atomic E-state index is 12.7. The van der Waals surface area contributed by atoms with Gasteiger partial charge < -0.3 is 15.3 Å². The highest BCUT2D eigenvalue weighted by molar-refractivity contribution is 5.87. The van der Waals surface area contributed by atoms with Crippen molar-refractivity contribution in [1.82, 2.24) is 20.4 Å². The van der Waals surface area contributed by atoms with Gasteiger partial charge in [0.15, 0.2) is 5.69 Å². The van der Waals surface area contributed by atoms with Crippen LogP contribution in [0.15, 0.2) is 4.99 Å². The summed E-state index contributed by atoms with van der Waals surface area (Å²) < 4.78 is 0. The number of amides is 2. The Balaban J connectivity index is 1.64. The van der Waals surface area contributed by atoms with Crippen LogP contribution < -0.4 is 5.32 Å². The molecule has 2 amide bonds. The fourth-order valence-electron chi connectivity index (χ4n) is 4.93. The lowest BCUT2D eigenvalue weighted by Crippen LogP contribution is -2.49. The Kier molecular flexibility index (Phi) is 5.30. The minimum Gasteiger partial charge on any atom is -0.476 e. The molecule has 1 aliphatic carbocycles. The molecule has 9 nitrogen and oxygen atoms in total. The summed E-state index contributed by atoms with van der Waals surface area (Å²) in [5, 5.41) is 18.8. The normalized spacial score (nSPS) is 26.1. The number of hydrogen-bond donors (Lipinski definition) is 3. The van der Waals surface area contributed by atoms with Crippen molar-refractivity contribution in [1.29, 1.82) is 0 Å². The van der Waals surface area contributed by atoms with Crippen molar-refractivity contribution in [2.24, 2.45) is 15.8 Å². The molecule has 0 saturated heterocycles. The molecule has 9 heteroatoms. The van der Waals surface area contributed by atoms with Crippen LogP contribution in [0.25, 0.3) is 0 Å². The molecule has 3 rings (SSSR count). The molecule has 0 spiro atoms. The number of nitrogens with zero attached hydrogens (tertiary/aromatic N) is 3. The number of carbonyl (C=O) groups is 2. The lowest BCUT2D eigenvalue weighted by Gasteiger charge is -2.45. The first-order valence-corrected chi connectivity index (χ1v) is 9.52. The van der Waals surface area contributed by atoms with Crippen LogP contribution in [0.1, 0.15) is 61.8 Å². The molecule has 1 saturated carbocycles. The molecule has 28 heavy (non-hydrogen) atoms. The van der Waals surface area contributed by atoms with E-state index in [1.54, 1.807) is 11.0 Å². The molecule has 2 aliphatic rings. The zero-order valence-corrected chi connectivity index (χ0v) is 16.5. The Hall–Kier alpha value is -2.67. The molecule has 0 radical (unpaired) electrons. The quantitative estimate of drug-likeness (QED) is 0.537. The zero-order chi connectivity index (χ0) is 20.5. The number of carboxylic acids is 1. The van der Waals surface area contributed by atoms with Gasteiger partial charge in [-0.05, 0) is 30.1 Å². The van der Waals surface area contributed by atoms with Crippen LogP contribution in [0.4, 0.5) is 4.79 Å². The lowest BCUT2D eigenvalue weighted by atomic mass is 9.63.